The zero-order valence-electron chi connectivity index (χ0n) is 14.8. The minimum atomic E-state index is -0.622. The summed E-state index contributed by atoms with van der Waals surface area (Å²) in [5.74, 6) is 0.136. The summed E-state index contributed by atoms with van der Waals surface area (Å²) in [5, 5.41) is 4.85. The second-order valence-corrected chi connectivity index (χ2v) is 5.98. The van der Waals surface area contributed by atoms with Gasteiger partial charge in [0.25, 0.3) is 5.91 Å². The number of carbonyl (C=O) groups excluding carboxylic acids is 2. The maximum absolute atomic E-state index is 11.7. The summed E-state index contributed by atoms with van der Waals surface area (Å²) in [7, 11) is 1.54. The molecule has 0 unspecified atom stereocenters. The van der Waals surface area contributed by atoms with Crippen molar-refractivity contribution in [1.82, 2.24) is 4.98 Å². The predicted molar refractivity (Wildman–Crippen MR) is 99.6 cm³/mol. The van der Waals surface area contributed by atoms with Crippen LogP contribution in [0.5, 0.6) is 11.5 Å². The van der Waals surface area contributed by atoms with Gasteiger partial charge in [-0.3, -0.25) is 10.1 Å². The standard InChI is InChI=1S/C18H20N2O5S/c1-4-24-14-7-5-13(9-15(14)23-3)6-8-17(22)25-10-16(21)20-18-19-12(2)11-26-18/h5-9,11H,4,10H2,1-3H3,(H,19,20,21)/b8-6+. The number of methoxy groups -OCH3 is 1. The van der Waals surface area contributed by atoms with Gasteiger partial charge in [0.05, 0.1) is 19.4 Å². The van der Waals surface area contributed by atoms with Crippen LogP contribution < -0.4 is 14.8 Å². The molecule has 0 fully saturated rings. The topological polar surface area (TPSA) is 86.8 Å². The Labute approximate surface area is 155 Å². The van der Waals surface area contributed by atoms with Gasteiger partial charge >= 0.3 is 5.97 Å². The van der Waals surface area contributed by atoms with E-state index in [1.54, 1.807) is 31.4 Å². The fourth-order valence-electron chi connectivity index (χ4n) is 1.98. The fourth-order valence-corrected chi connectivity index (χ4v) is 2.68. The molecule has 0 saturated heterocycles. The molecule has 0 atom stereocenters. The van der Waals surface area contributed by atoms with Gasteiger partial charge in [0, 0.05) is 11.5 Å². The molecule has 0 spiro atoms. The van der Waals surface area contributed by atoms with E-state index in [0.29, 0.717) is 23.2 Å². The number of esters is 1. The molecule has 2 aromatic rings. The Bertz CT molecular complexity index is 801. The highest BCUT2D eigenvalue weighted by Crippen LogP contribution is 2.28. The minimum absolute atomic E-state index is 0.381. The SMILES string of the molecule is CCOc1ccc(/C=C/C(=O)OCC(=O)Nc2nc(C)cs2)cc1OC. The van der Waals surface area contributed by atoms with Gasteiger partial charge in [-0.2, -0.15) is 0 Å². The third kappa shape index (κ3) is 5.89. The Morgan fingerprint density at radius 2 is 2.12 bits per heavy atom. The lowest BCUT2D eigenvalue weighted by Gasteiger charge is -2.09. The summed E-state index contributed by atoms with van der Waals surface area (Å²) in [6.45, 7) is 3.86. The molecule has 0 radical (unpaired) electrons. The van der Waals surface area contributed by atoms with Gasteiger partial charge in [-0.05, 0) is 37.6 Å². The van der Waals surface area contributed by atoms with Crippen LogP contribution in [0.3, 0.4) is 0 Å². The maximum Gasteiger partial charge on any atom is 0.331 e. The summed E-state index contributed by atoms with van der Waals surface area (Å²) in [4.78, 5) is 27.6. The van der Waals surface area contributed by atoms with Gasteiger partial charge in [0.1, 0.15) is 0 Å². The number of thiazole rings is 1. The summed E-state index contributed by atoms with van der Waals surface area (Å²) in [6.07, 6.45) is 2.82. The molecule has 138 valence electrons. The van der Waals surface area contributed by atoms with E-state index in [0.717, 1.165) is 11.3 Å². The number of ether oxygens (including phenoxy) is 3. The normalized spacial score (nSPS) is 10.6. The van der Waals surface area contributed by atoms with Crippen molar-refractivity contribution in [3.8, 4) is 11.5 Å². The molecule has 0 aliphatic heterocycles. The number of anilines is 1. The summed E-state index contributed by atoms with van der Waals surface area (Å²) >= 11 is 1.31. The average molecular weight is 376 g/mol. The van der Waals surface area contributed by atoms with Gasteiger partial charge in [0.2, 0.25) is 0 Å². The first kappa shape index (κ1) is 19.5. The van der Waals surface area contributed by atoms with Crippen molar-refractivity contribution < 1.29 is 23.8 Å². The molecule has 0 bridgehead atoms. The summed E-state index contributed by atoms with van der Waals surface area (Å²) in [6, 6.07) is 5.29. The van der Waals surface area contributed by atoms with Crippen molar-refractivity contribution in [2.24, 2.45) is 0 Å². The number of nitrogens with one attached hydrogen (secondary N) is 1. The van der Waals surface area contributed by atoms with E-state index in [-0.39, 0.29) is 6.61 Å². The molecule has 1 amide bonds. The number of hydrogen-bond acceptors (Lipinski definition) is 7. The zero-order valence-corrected chi connectivity index (χ0v) is 15.6. The smallest absolute Gasteiger partial charge is 0.331 e. The minimum Gasteiger partial charge on any atom is -0.493 e. The number of aromatic nitrogens is 1. The third-order valence-electron chi connectivity index (χ3n) is 3.11. The second kappa shape index (κ2) is 9.57. The number of nitrogens with zero attached hydrogens (tertiary/aromatic N) is 1. The Hall–Kier alpha value is -2.87. The quantitative estimate of drug-likeness (QED) is 0.563. The fraction of sp³-hybridized carbons (Fsp3) is 0.278. The Balaban J connectivity index is 1.85. The average Bonchev–Trinajstić information content (AvgIpc) is 3.04. The lowest BCUT2D eigenvalue weighted by Crippen LogP contribution is -2.20. The van der Waals surface area contributed by atoms with E-state index in [1.165, 1.54) is 17.4 Å². The van der Waals surface area contributed by atoms with E-state index in [1.807, 2.05) is 19.2 Å². The number of amides is 1. The van der Waals surface area contributed by atoms with Crippen LogP contribution in [-0.4, -0.2) is 37.2 Å². The second-order valence-electron chi connectivity index (χ2n) is 5.13. The number of hydrogen-bond donors (Lipinski definition) is 1. The highest BCUT2D eigenvalue weighted by molar-refractivity contribution is 7.13. The van der Waals surface area contributed by atoms with E-state index < -0.39 is 11.9 Å². The van der Waals surface area contributed by atoms with Gasteiger partial charge in [-0.25, -0.2) is 9.78 Å². The molecule has 1 heterocycles. The number of aryl methyl sites for hydroxylation is 1. The molecular formula is C18H20N2O5S. The highest BCUT2D eigenvalue weighted by Gasteiger charge is 2.08. The van der Waals surface area contributed by atoms with Crippen molar-refractivity contribution in [3.05, 3.63) is 40.9 Å². The molecule has 0 saturated carbocycles. The van der Waals surface area contributed by atoms with Gasteiger partial charge in [0.15, 0.2) is 23.2 Å². The number of rotatable bonds is 8. The first-order valence-corrected chi connectivity index (χ1v) is 8.77. The lowest BCUT2D eigenvalue weighted by molar-refractivity contribution is -0.142. The molecule has 0 aliphatic rings. The van der Waals surface area contributed by atoms with E-state index >= 15 is 0 Å². The zero-order chi connectivity index (χ0) is 18.9. The first-order valence-electron chi connectivity index (χ1n) is 7.89. The van der Waals surface area contributed by atoms with E-state index in [9.17, 15) is 9.59 Å². The monoisotopic (exact) mass is 376 g/mol. The van der Waals surface area contributed by atoms with Gasteiger partial charge in [-0.15, -0.1) is 11.3 Å². The first-order chi connectivity index (χ1) is 12.5. The van der Waals surface area contributed by atoms with E-state index in [4.69, 9.17) is 14.2 Å². The number of benzene rings is 1. The van der Waals surface area contributed by atoms with Crippen LogP contribution in [-0.2, 0) is 14.3 Å². The molecule has 1 aromatic heterocycles. The Morgan fingerprint density at radius 3 is 2.77 bits per heavy atom. The van der Waals surface area contributed by atoms with Crippen LogP contribution in [0, 0.1) is 6.92 Å². The van der Waals surface area contributed by atoms with Gasteiger partial charge < -0.3 is 14.2 Å². The van der Waals surface area contributed by atoms with Crippen molar-refractivity contribution >= 4 is 34.4 Å². The predicted octanol–water partition coefficient (Wildman–Crippen LogP) is 3.05. The summed E-state index contributed by atoms with van der Waals surface area (Å²) in [5.41, 5.74) is 1.56. The molecule has 26 heavy (non-hydrogen) atoms. The highest BCUT2D eigenvalue weighted by atomic mass is 32.1. The van der Waals surface area contributed by atoms with Crippen LogP contribution >= 0.6 is 11.3 Å². The molecule has 1 N–H and O–H groups in total. The van der Waals surface area contributed by atoms with Crippen LogP contribution in [0.1, 0.15) is 18.2 Å². The molecule has 2 rings (SSSR count). The van der Waals surface area contributed by atoms with Gasteiger partial charge in [-0.1, -0.05) is 6.07 Å². The van der Waals surface area contributed by atoms with Crippen LogP contribution in [0.4, 0.5) is 5.13 Å². The molecule has 0 aliphatic carbocycles. The Kier molecular flexibility index (Phi) is 7.16. The molecular weight excluding hydrogens is 356 g/mol. The Morgan fingerprint density at radius 1 is 1.31 bits per heavy atom. The van der Waals surface area contributed by atoms with Crippen LogP contribution in [0.2, 0.25) is 0 Å². The molecule has 1 aromatic carbocycles. The summed E-state index contributed by atoms with van der Waals surface area (Å²) < 4.78 is 15.6. The maximum atomic E-state index is 11.7. The van der Waals surface area contributed by atoms with Crippen molar-refractivity contribution in [2.75, 3.05) is 25.6 Å². The van der Waals surface area contributed by atoms with Crippen molar-refractivity contribution in [2.45, 2.75) is 13.8 Å². The van der Waals surface area contributed by atoms with Crippen molar-refractivity contribution in [3.63, 3.8) is 0 Å². The lowest BCUT2D eigenvalue weighted by atomic mass is 10.2. The third-order valence-corrected chi connectivity index (χ3v) is 3.99. The van der Waals surface area contributed by atoms with Crippen LogP contribution in [0.15, 0.2) is 29.7 Å². The van der Waals surface area contributed by atoms with Crippen molar-refractivity contribution in [1.29, 1.82) is 0 Å². The van der Waals surface area contributed by atoms with Crippen LogP contribution in [0.25, 0.3) is 6.08 Å². The molecule has 8 heteroatoms. The van der Waals surface area contributed by atoms with E-state index in [2.05, 4.69) is 10.3 Å². The largest absolute Gasteiger partial charge is 0.493 e. The molecule has 7 nitrogen and oxygen atoms in total. The number of carbonyl (C=O) groups is 2.